The lowest BCUT2D eigenvalue weighted by Crippen LogP contribution is -2.14. The zero-order valence-electron chi connectivity index (χ0n) is 10.1. The molecule has 0 fully saturated rings. The summed E-state index contributed by atoms with van der Waals surface area (Å²) in [5.41, 5.74) is 2.90. The van der Waals surface area contributed by atoms with Crippen molar-refractivity contribution in [2.45, 2.75) is 20.0 Å². The van der Waals surface area contributed by atoms with Crippen molar-refractivity contribution in [3.8, 4) is 0 Å². The molecule has 1 N–H and O–H groups in total. The maximum Gasteiger partial charge on any atom is 0.126 e. The lowest BCUT2D eigenvalue weighted by atomic mass is 10.1. The summed E-state index contributed by atoms with van der Waals surface area (Å²) in [6.45, 7) is 3.26. The minimum absolute atomic E-state index is 0.152. The Morgan fingerprint density at radius 2 is 2.18 bits per heavy atom. The van der Waals surface area contributed by atoms with E-state index in [1.165, 1.54) is 6.07 Å². The summed E-state index contributed by atoms with van der Waals surface area (Å²) >= 11 is 0. The first-order chi connectivity index (χ1) is 8.16. The van der Waals surface area contributed by atoms with E-state index >= 15 is 0 Å². The van der Waals surface area contributed by atoms with Gasteiger partial charge in [-0.05, 0) is 24.1 Å². The fraction of sp³-hybridized carbons (Fsp3) is 0.308. The average Bonchev–Trinajstić information content (AvgIpc) is 2.70. The molecule has 1 heterocycles. The third-order valence-electron chi connectivity index (χ3n) is 2.77. The smallest absolute Gasteiger partial charge is 0.126 e. The normalized spacial score (nSPS) is 10.8. The maximum atomic E-state index is 13.1. The van der Waals surface area contributed by atoms with Gasteiger partial charge >= 0.3 is 0 Å². The summed E-state index contributed by atoms with van der Waals surface area (Å²) in [5, 5.41) is 3.31. The second-order valence-corrected chi connectivity index (χ2v) is 4.18. The van der Waals surface area contributed by atoms with Crippen LogP contribution in [0.3, 0.4) is 0 Å². The van der Waals surface area contributed by atoms with E-state index in [-0.39, 0.29) is 5.82 Å². The molecule has 0 bridgehead atoms. The predicted octanol–water partition coefficient (Wildman–Crippen LogP) is 2.16. The number of benzene rings is 1. The minimum Gasteiger partial charge on any atom is -0.337 e. The number of imidazole rings is 1. The molecule has 3 nitrogen and oxygen atoms in total. The van der Waals surface area contributed by atoms with E-state index < -0.39 is 0 Å². The Kier molecular flexibility index (Phi) is 3.54. The lowest BCUT2D eigenvalue weighted by molar-refractivity contribution is 0.614. The van der Waals surface area contributed by atoms with Crippen LogP contribution in [-0.2, 0) is 20.1 Å². The van der Waals surface area contributed by atoms with Crippen LogP contribution in [0.25, 0.3) is 0 Å². The van der Waals surface area contributed by atoms with Crippen LogP contribution in [0.5, 0.6) is 0 Å². The largest absolute Gasteiger partial charge is 0.337 e. The fourth-order valence-electron chi connectivity index (χ4n) is 1.71. The molecule has 0 atom stereocenters. The fourth-order valence-corrected chi connectivity index (χ4v) is 1.71. The summed E-state index contributed by atoms with van der Waals surface area (Å²) in [6.07, 6.45) is 3.61. The van der Waals surface area contributed by atoms with E-state index in [0.717, 1.165) is 24.3 Å². The lowest BCUT2D eigenvalue weighted by Gasteiger charge is -2.06. The molecule has 0 spiro atoms. The highest BCUT2D eigenvalue weighted by Crippen LogP contribution is 2.09. The summed E-state index contributed by atoms with van der Waals surface area (Å²) in [6, 6.07) is 5.18. The Bertz CT molecular complexity index is 505. The molecule has 0 unspecified atom stereocenters. The van der Waals surface area contributed by atoms with Crippen molar-refractivity contribution in [1.82, 2.24) is 14.9 Å². The van der Waals surface area contributed by atoms with Gasteiger partial charge in [-0.1, -0.05) is 12.1 Å². The van der Waals surface area contributed by atoms with E-state index in [9.17, 15) is 4.39 Å². The van der Waals surface area contributed by atoms with Crippen molar-refractivity contribution in [3.63, 3.8) is 0 Å². The first-order valence-corrected chi connectivity index (χ1v) is 5.58. The molecule has 4 heteroatoms. The summed E-state index contributed by atoms with van der Waals surface area (Å²) in [5.74, 6) is -0.152. The molecule has 0 radical (unpaired) electrons. The first-order valence-electron chi connectivity index (χ1n) is 5.58. The Balaban J connectivity index is 1.90. The van der Waals surface area contributed by atoms with Crippen molar-refractivity contribution in [1.29, 1.82) is 0 Å². The van der Waals surface area contributed by atoms with Crippen molar-refractivity contribution in [2.24, 2.45) is 7.05 Å². The van der Waals surface area contributed by atoms with Gasteiger partial charge in [-0.2, -0.15) is 0 Å². The number of aryl methyl sites for hydroxylation is 2. The van der Waals surface area contributed by atoms with E-state index in [0.29, 0.717) is 5.56 Å². The highest BCUT2D eigenvalue weighted by atomic mass is 19.1. The van der Waals surface area contributed by atoms with Crippen LogP contribution >= 0.6 is 0 Å². The van der Waals surface area contributed by atoms with Crippen LogP contribution in [0.4, 0.5) is 4.39 Å². The van der Waals surface area contributed by atoms with Gasteiger partial charge in [0.15, 0.2) is 0 Å². The van der Waals surface area contributed by atoms with Crippen LogP contribution in [0.15, 0.2) is 30.7 Å². The SMILES string of the molecule is Cc1cc(CNCc2cncn2C)ccc1F. The third-order valence-corrected chi connectivity index (χ3v) is 2.77. The van der Waals surface area contributed by atoms with E-state index in [4.69, 9.17) is 0 Å². The molecule has 90 valence electrons. The molecule has 0 amide bonds. The van der Waals surface area contributed by atoms with Crippen molar-refractivity contribution in [3.05, 3.63) is 53.4 Å². The highest BCUT2D eigenvalue weighted by Gasteiger charge is 2.00. The molecule has 2 rings (SSSR count). The van der Waals surface area contributed by atoms with Crippen LogP contribution in [0.1, 0.15) is 16.8 Å². The van der Waals surface area contributed by atoms with Gasteiger partial charge in [-0.25, -0.2) is 9.37 Å². The average molecular weight is 233 g/mol. The second-order valence-electron chi connectivity index (χ2n) is 4.18. The topological polar surface area (TPSA) is 29.9 Å². The minimum atomic E-state index is -0.152. The molecular weight excluding hydrogens is 217 g/mol. The molecular formula is C13H16FN3. The molecule has 0 aliphatic rings. The molecule has 0 aliphatic heterocycles. The number of nitrogens with zero attached hydrogens (tertiary/aromatic N) is 2. The Morgan fingerprint density at radius 3 is 2.82 bits per heavy atom. The molecule has 0 saturated heterocycles. The molecule has 2 aromatic rings. The summed E-state index contributed by atoms with van der Waals surface area (Å²) in [7, 11) is 1.96. The Hall–Kier alpha value is -1.68. The Labute approximate surface area is 100 Å². The van der Waals surface area contributed by atoms with Crippen molar-refractivity contribution >= 4 is 0 Å². The number of hydrogen-bond acceptors (Lipinski definition) is 2. The Morgan fingerprint density at radius 1 is 1.35 bits per heavy atom. The van der Waals surface area contributed by atoms with Gasteiger partial charge in [0.05, 0.1) is 12.0 Å². The quantitative estimate of drug-likeness (QED) is 0.877. The maximum absolute atomic E-state index is 13.1. The molecule has 0 saturated carbocycles. The van der Waals surface area contributed by atoms with Crippen LogP contribution in [0.2, 0.25) is 0 Å². The van der Waals surface area contributed by atoms with E-state index in [2.05, 4.69) is 10.3 Å². The monoisotopic (exact) mass is 233 g/mol. The zero-order valence-corrected chi connectivity index (χ0v) is 10.1. The highest BCUT2D eigenvalue weighted by molar-refractivity contribution is 5.23. The second kappa shape index (κ2) is 5.10. The summed E-state index contributed by atoms with van der Waals surface area (Å²) < 4.78 is 15.0. The van der Waals surface area contributed by atoms with Gasteiger partial charge in [0.1, 0.15) is 5.82 Å². The van der Waals surface area contributed by atoms with Crippen LogP contribution < -0.4 is 5.32 Å². The predicted molar refractivity (Wildman–Crippen MR) is 64.9 cm³/mol. The zero-order chi connectivity index (χ0) is 12.3. The standard InChI is InChI=1S/C13H16FN3/c1-10-5-11(3-4-13(10)14)6-15-7-12-8-16-9-17(12)2/h3-5,8-9,15H,6-7H2,1-2H3. The molecule has 1 aromatic carbocycles. The number of aromatic nitrogens is 2. The van der Waals surface area contributed by atoms with Gasteiger partial charge in [-0.3, -0.25) is 0 Å². The van der Waals surface area contributed by atoms with Crippen molar-refractivity contribution in [2.75, 3.05) is 0 Å². The van der Waals surface area contributed by atoms with Gasteiger partial charge in [-0.15, -0.1) is 0 Å². The van der Waals surface area contributed by atoms with Crippen molar-refractivity contribution < 1.29 is 4.39 Å². The number of halogens is 1. The van der Waals surface area contributed by atoms with Gasteiger partial charge in [0.2, 0.25) is 0 Å². The van der Waals surface area contributed by atoms with Crippen LogP contribution in [-0.4, -0.2) is 9.55 Å². The molecule has 0 aliphatic carbocycles. The number of hydrogen-bond donors (Lipinski definition) is 1. The van der Waals surface area contributed by atoms with E-state index in [1.807, 2.05) is 23.9 Å². The van der Waals surface area contributed by atoms with Gasteiger partial charge < -0.3 is 9.88 Å². The third kappa shape index (κ3) is 2.91. The number of nitrogens with one attached hydrogen (secondary N) is 1. The number of rotatable bonds is 4. The summed E-state index contributed by atoms with van der Waals surface area (Å²) in [4.78, 5) is 4.05. The van der Waals surface area contributed by atoms with Crippen LogP contribution in [0, 0.1) is 12.7 Å². The van der Waals surface area contributed by atoms with Gasteiger partial charge in [0, 0.05) is 26.3 Å². The van der Waals surface area contributed by atoms with Gasteiger partial charge in [0.25, 0.3) is 0 Å². The van der Waals surface area contributed by atoms with E-state index in [1.54, 1.807) is 19.3 Å². The molecule has 17 heavy (non-hydrogen) atoms. The molecule has 1 aromatic heterocycles. The first kappa shape index (κ1) is 11.8.